The van der Waals surface area contributed by atoms with Crippen LogP contribution >= 0.6 is 0 Å². The fourth-order valence-corrected chi connectivity index (χ4v) is 4.12. The molecule has 0 radical (unpaired) electrons. The van der Waals surface area contributed by atoms with Crippen LogP contribution in [0.2, 0.25) is 0 Å². The van der Waals surface area contributed by atoms with E-state index in [-0.39, 0.29) is 0 Å². The Balaban J connectivity index is 1.59. The number of hydrogen-bond acceptors (Lipinski definition) is 1. The van der Waals surface area contributed by atoms with Gasteiger partial charge in [0.05, 0.1) is 5.69 Å². The maximum absolute atomic E-state index is 4.75. The number of para-hydroxylation sites is 1. The molecule has 0 atom stereocenters. The van der Waals surface area contributed by atoms with Crippen LogP contribution in [0.15, 0.2) is 53.5 Å². The second kappa shape index (κ2) is 6.87. The predicted molar refractivity (Wildman–Crippen MR) is 107 cm³/mol. The average molecular weight is 330 g/mol. The molecule has 128 valence electrons. The van der Waals surface area contributed by atoms with E-state index in [1.165, 1.54) is 59.8 Å². The zero-order valence-corrected chi connectivity index (χ0v) is 15.2. The number of nitrogens with zero attached hydrogens (tertiary/aromatic N) is 2. The van der Waals surface area contributed by atoms with E-state index in [0.717, 1.165) is 11.6 Å². The third-order valence-electron chi connectivity index (χ3n) is 5.76. The number of fused-ring (bicyclic) bond motifs is 1. The normalized spacial score (nSPS) is 16.1. The molecule has 25 heavy (non-hydrogen) atoms. The first kappa shape index (κ1) is 16.1. The maximum atomic E-state index is 4.75. The minimum Gasteiger partial charge on any atom is -0.347 e. The highest BCUT2D eigenvalue weighted by atomic mass is 14.9. The van der Waals surface area contributed by atoms with E-state index in [2.05, 4.69) is 67.1 Å². The van der Waals surface area contributed by atoms with Crippen LogP contribution in [0.4, 0.5) is 5.69 Å². The number of hydrogen-bond donors (Lipinski definition) is 0. The Bertz CT molecular complexity index is 894. The lowest BCUT2D eigenvalue weighted by Gasteiger charge is -2.21. The van der Waals surface area contributed by atoms with Gasteiger partial charge in [0.1, 0.15) is 0 Å². The highest BCUT2D eigenvalue weighted by molar-refractivity contribution is 6.01. The first-order chi connectivity index (χ1) is 12.2. The second-order valence-electron chi connectivity index (χ2n) is 7.26. The molecule has 1 aromatic heterocycles. The van der Waals surface area contributed by atoms with Crippen LogP contribution in [0.1, 0.15) is 54.8 Å². The molecule has 0 N–H and O–H groups in total. The Morgan fingerprint density at radius 1 is 0.960 bits per heavy atom. The number of aliphatic imine (C=N–C) groups is 1. The van der Waals surface area contributed by atoms with Gasteiger partial charge in [0.15, 0.2) is 0 Å². The van der Waals surface area contributed by atoms with Crippen molar-refractivity contribution in [2.45, 2.75) is 44.9 Å². The van der Waals surface area contributed by atoms with Crippen molar-refractivity contribution in [3.63, 3.8) is 0 Å². The summed E-state index contributed by atoms with van der Waals surface area (Å²) in [5.41, 5.74) is 6.25. The predicted octanol–water partition coefficient (Wildman–Crippen LogP) is 6.29. The Morgan fingerprint density at radius 3 is 2.44 bits per heavy atom. The van der Waals surface area contributed by atoms with Gasteiger partial charge in [-0.1, -0.05) is 49.6 Å². The Hall–Kier alpha value is -2.35. The second-order valence-corrected chi connectivity index (χ2v) is 7.26. The molecular weight excluding hydrogens is 304 g/mol. The lowest BCUT2D eigenvalue weighted by atomic mass is 9.84. The zero-order chi connectivity index (χ0) is 17.2. The lowest BCUT2D eigenvalue weighted by Crippen LogP contribution is -2.03. The van der Waals surface area contributed by atoms with Crippen molar-refractivity contribution in [3.05, 3.63) is 65.4 Å². The molecule has 0 bridgehead atoms. The number of rotatable bonds is 3. The van der Waals surface area contributed by atoms with Crippen LogP contribution in [-0.4, -0.2) is 10.8 Å². The fourth-order valence-electron chi connectivity index (χ4n) is 4.12. The molecule has 1 aliphatic rings. The van der Waals surface area contributed by atoms with Crippen molar-refractivity contribution < 1.29 is 0 Å². The van der Waals surface area contributed by atoms with E-state index in [1.807, 2.05) is 6.21 Å². The topological polar surface area (TPSA) is 17.3 Å². The van der Waals surface area contributed by atoms with Gasteiger partial charge in [-0.3, -0.25) is 4.99 Å². The maximum Gasteiger partial charge on any atom is 0.0630 e. The first-order valence-electron chi connectivity index (χ1n) is 9.42. The molecular formula is C23H26N2. The number of aryl methyl sites for hydroxylation is 1. The van der Waals surface area contributed by atoms with Crippen LogP contribution in [-0.2, 0) is 7.05 Å². The van der Waals surface area contributed by atoms with Gasteiger partial charge in [-0.05, 0) is 49.4 Å². The lowest BCUT2D eigenvalue weighted by molar-refractivity contribution is 0.443. The Labute approximate surface area is 150 Å². The summed E-state index contributed by atoms with van der Waals surface area (Å²) in [6.45, 7) is 2.16. The third-order valence-corrected chi connectivity index (χ3v) is 5.76. The molecule has 4 rings (SSSR count). The first-order valence-corrected chi connectivity index (χ1v) is 9.42. The quantitative estimate of drug-likeness (QED) is 0.502. The fraction of sp³-hybridized carbons (Fsp3) is 0.348. The van der Waals surface area contributed by atoms with Crippen molar-refractivity contribution in [1.82, 2.24) is 4.57 Å². The van der Waals surface area contributed by atoms with E-state index in [4.69, 9.17) is 4.99 Å². The van der Waals surface area contributed by atoms with Gasteiger partial charge in [0.25, 0.3) is 0 Å². The summed E-state index contributed by atoms with van der Waals surface area (Å²) in [4.78, 5) is 4.75. The molecule has 1 fully saturated rings. The van der Waals surface area contributed by atoms with Gasteiger partial charge < -0.3 is 4.57 Å². The summed E-state index contributed by atoms with van der Waals surface area (Å²) < 4.78 is 2.24. The van der Waals surface area contributed by atoms with Gasteiger partial charge >= 0.3 is 0 Å². The van der Waals surface area contributed by atoms with Gasteiger partial charge in [-0.25, -0.2) is 0 Å². The summed E-state index contributed by atoms with van der Waals surface area (Å²) in [5, 5.41) is 1.27. The van der Waals surface area contributed by atoms with Crippen molar-refractivity contribution in [1.29, 1.82) is 0 Å². The molecule has 0 unspecified atom stereocenters. The molecule has 2 aromatic carbocycles. The Kier molecular flexibility index (Phi) is 4.44. The van der Waals surface area contributed by atoms with Crippen molar-refractivity contribution in [3.8, 4) is 0 Å². The minimum absolute atomic E-state index is 0.757. The van der Waals surface area contributed by atoms with Crippen LogP contribution in [0.25, 0.3) is 10.9 Å². The Morgan fingerprint density at radius 2 is 1.68 bits per heavy atom. The third kappa shape index (κ3) is 3.13. The minimum atomic E-state index is 0.757. The summed E-state index contributed by atoms with van der Waals surface area (Å²) in [5.74, 6) is 0.757. The van der Waals surface area contributed by atoms with Crippen molar-refractivity contribution in [2.24, 2.45) is 12.0 Å². The smallest absolute Gasteiger partial charge is 0.0630 e. The van der Waals surface area contributed by atoms with Crippen LogP contribution in [0.3, 0.4) is 0 Å². The van der Waals surface area contributed by atoms with E-state index in [9.17, 15) is 0 Å². The SMILES string of the molecule is Cc1c(C=Nc2ccc(C3CCCCC3)cc2)c2ccccc2n1C. The van der Waals surface area contributed by atoms with E-state index in [1.54, 1.807) is 0 Å². The van der Waals surface area contributed by atoms with Crippen LogP contribution in [0, 0.1) is 6.92 Å². The molecule has 1 saturated carbocycles. The summed E-state index contributed by atoms with van der Waals surface area (Å²) in [6, 6.07) is 17.4. The van der Waals surface area contributed by atoms with Crippen molar-refractivity contribution in [2.75, 3.05) is 0 Å². The zero-order valence-electron chi connectivity index (χ0n) is 15.2. The monoisotopic (exact) mass is 330 g/mol. The van der Waals surface area contributed by atoms with E-state index < -0.39 is 0 Å². The largest absolute Gasteiger partial charge is 0.347 e. The van der Waals surface area contributed by atoms with Gasteiger partial charge in [-0.15, -0.1) is 0 Å². The molecule has 2 heteroatoms. The average Bonchev–Trinajstić information content (AvgIpc) is 2.92. The molecule has 0 aliphatic heterocycles. The van der Waals surface area contributed by atoms with E-state index >= 15 is 0 Å². The molecule has 0 saturated heterocycles. The molecule has 0 amide bonds. The van der Waals surface area contributed by atoms with E-state index in [0.29, 0.717) is 0 Å². The van der Waals surface area contributed by atoms with Crippen LogP contribution < -0.4 is 0 Å². The van der Waals surface area contributed by atoms with Crippen LogP contribution in [0.5, 0.6) is 0 Å². The molecule has 1 aliphatic carbocycles. The molecule has 3 aromatic rings. The van der Waals surface area contributed by atoms with Gasteiger partial charge in [-0.2, -0.15) is 0 Å². The summed E-state index contributed by atoms with van der Waals surface area (Å²) >= 11 is 0. The summed E-state index contributed by atoms with van der Waals surface area (Å²) in [7, 11) is 2.12. The molecule has 0 spiro atoms. The highest BCUT2D eigenvalue weighted by Crippen LogP contribution is 2.33. The molecule has 1 heterocycles. The summed E-state index contributed by atoms with van der Waals surface area (Å²) in [6.07, 6.45) is 8.88. The highest BCUT2D eigenvalue weighted by Gasteiger charge is 2.15. The van der Waals surface area contributed by atoms with Crippen molar-refractivity contribution >= 4 is 22.8 Å². The molecule has 2 nitrogen and oxygen atoms in total. The van der Waals surface area contributed by atoms with Gasteiger partial charge in [0.2, 0.25) is 0 Å². The number of aromatic nitrogens is 1. The van der Waals surface area contributed by atoms with Gasteiger partial charge in [0, 0.05) is 35.4 Å². The number of benzene rings is 2. The standard InChI is InChI=1S/C23H26N2/c1-17-22(21-10-6-7-11-23(21)25(17)2)16-24-20-14-12-19(13-15-20)18-8-4-3-5-9-18/h6-7,10-16,18H,3-5,8-9H2,1-2H3.